The fourth-order valence-electron chi connectivity index (χ4n) is 2.55. The molecule has 2 aromatic carbocycles. The minimum Gasteiger partial charge on any atom is -0.352 e. The van der Waals surface area contributed by atoms with Crippen molar-refractivity contribution in [3.63, 3.8) is 0 Å². The second-order valence-corrected chi connectivity index (χ2v) is 6.85. The predicted molar refractivity (Wildman–Crippen MR) is 91.5 cm³/mol. The molecule has 0 saturated carbocycles. The van der Waals surface area contributed by atoms with E-state index in [4.69, 9.17) is 0 Å². The van der Waals surface area contributed by atoms with Crippen molar-refractivity contribution in [1.29, 1.82) is 0 Å². The summed E-state index contributed by atoms with van der Waals surface area (Å²) in [5.41, 5.74) is 4.26. The molecule has 0 saturated heterocycles. The number of hydrogen-bond donors (Lipinski definition) is 1. The van der Waals surface area contributed by atoms with Crippen LogP contribution in [0.1, 0.15) is 31.9 Å². The molecule has 1 aliphatic rings. The molecule has 0 bridgehead atoms. The van der Waals surface area contributed by atoms with E-state index >= 15 is 0 Å². The molecule has 0 aliphatic carbocycles. The normalized spacial score (nSPS) is 15.2. The van der Waals surface area contributed by atoms with E-state index in [0.717, 1.165) is 29.7 Å². The van der Waals surface area contributed by atoms with Crippen LogP contribution < -0.4 is 5.32 Å². The van der Waals surface area contributed by atoms with E-state index in [2.05, 4.69) is 63.9 Å². The smallest absolute Gasteiger partial charge is 0.251 e. The van der Waals surface area contributed by atoms with Crippen molar-refractivity contribution in [3.8, 4) is 0 Å². The van der Waals surface area contributed by atoms with Gasteiger partial charge in [0.05, 0.1) is 4.83 Å². The lowest BCUT2D eigenvalue weighted by molar-refractivity contribution is 0.0946. The maximum Gasteiger partial charge on any atom is 0.251 e. The van der Waals surface area contributed by atoms with E-state index in [0.29, 0.717) is 0 Å². The Morgan fingerprint density at radius 1 is 1.14 bits per heavy atom. The number of amides is 1. The third-order valence-corrected chi connectivity index (χ3v) is 5.56. The van der Waals surface area contributed by atoms with Crippen LogP contribution in [0.4, 0.5) is 0 Å². The summed E-state index contributed by atoms with van der Waals surface area (Å²) in [5, 5.41) is 2.90. The number of benzene rings is 2. The zero-order valence-corrected chi connectivity index (χ0v) is 14.1. The van der Waals surface area contributed by atoms with E-state index in [1.807, 2.05) is 6.07 Å². The number of halogens is 1. The second kappa shape index (κ2) is 6.24. The van der Waals surface area contributed by atoms with Gasteiger partial charge in [0.25, 0.3) is 5.91 Å². The lowest BCUT2D eigenvalue weighted by Crippen LogP contribution is -2.31. The van der Waals surface area contributed by atoms with Gasteiger partial charge in [0.15, 0.2) is 0 Å². The molecule has 1 N–H and O–H groups in total. The van der Waals surface area contributed by atoms with Gasteiger partial charge in [-0.2, -0.15) is 0 Å². The van der Waals surface area contributed by atoms with Crippen LogP contribution in [0, 0.1) is 0 Å². The van der Waals surface area contributed by atoms with Crippen LogP contribution in [0.25, 0.3) is 0 Å². The van der Waals surface area contributed by atoms with E-state index in [1.54, 1.807) is 11.8 Å². The van der Waals surface area contributed by atoms with Gasteiger partial charge in [-0.05, 0) is 47.6 Å². The van der Waals surface area contributed by atoms with Crippen LogP contribution in [-0.2, 0) is 6.42 Å². The van der Waals surface area contributed by atoms with Gasteiger partial charge in [0, 0.05) is 17.0 Å². The first-order valence-electron chi connectivity index (χ1n) is 6.88. The molecule has 0 fully saturated rings. The summed E-state index contributed by atoms with van der Waals surface area (Å²) in [6.45, 7) is 0.735. The Hall–Kier alpha value is -1.26. The number of carbonyl (C=O) groups is 1. The van der Waals surface area contributed by atoms with Crippen LogP contribution in [-0.4, -0.2) is 18.7 Å². The number of alkyl halides is 1. The Morgan fingerprint density at radius 2 is 1.86 bits per heavy atom. The maximum absolute atomic E-state index is 12.0. The number of fused-ring (bicyclic) bond motifs is 1. The molecule has 0 radical (unpaired) electrons. The molecule has 1 amide bonds. The highest BCUT2D eigenvalue weighted by Gasteiger charge is 2.19. The van der Waals surface area contributed by atoms with Crippen LogP contribution >= 0.6 is 27.7 Å². The molecule has 1 atom stereocenters. The summed E-state index contributed by atoms with van der Waals surface area (Å²) in [7, 11) is 0. The zero-order valence-electron chi connectivity index (χ0n) is 11.7. The number of carbonyl (C=O) groups excluding carboxylic acids is 1. The number of hydrogen-bond acceptors (Lipinski definition) is 2. The molecule has 3 rings (SSSR count). The van der Waals surface area contributed by atoms with E-state index < -0.39 is 0 Å². The Bertz CT molecular complexity index is 669. The lowest BCUT2D eigenvalue weighted by Gasteiger charge is -2.19. The van der Waals surface area contributed by atoms with Crippen LogP contribution in [0.15, 0.2) is 47.4 Å². The topological polar surface area (TPSA) is 29.1 Å². The molecular formula is C17H16BrNOS. The van der Waals surface area contributed by atoms with E-state index in [1.165, 1.54) is 10.5 Å². The minimum atomic E-state index is 0.0375. The first kappa shape index (κ1) is 14.7. The SMILES string of the molecule is CSc1ccc(C(Br)c2ccc3c(c2)C(=O)NCC3)cc1. The first-order valence-corrected chi connectivity index (χ1v) is 9.02. The van der Waals surface area contributed by atoms with E-state index in [-0.39, 0.29) is 10.7 Å². The average Bonchev–Trinajstić information content (AvgIpc) is 2.54. The fraction of sp³-hybridized carbons (Fsp3) is 0.235. The highest BCUT2D eigenvalue weighted by Crippen LogP contribution is 2.33. The monoisotopic (exact) mass is 361 g/mol. The van der Waals surface area contributed by atoms with Crippen molar-refractivity contribution in [2.45, 2.75) is 16.1 Å². The summed E-state index contributed by atoms with van der Waals surface area (Å²) in [4.78, 5) is 13.3. The number of nitrogens with one attached hydrogen (secondary N) is 1. The molecule has 1 unspecified atom stereocenters. The highest BCUT2D eigenvalue weighted by atomic mass is 79.9. The zero-order chi connectivity index (χ0) is 14.8. The third kappa shape index (κ3) is 3.01. The summed E-state index contributed by atoms with van der Waals surface area (Å²) in [6.07, 6.45) is 2.99. The van der Waals surface area contributed by atoms with Crippen molar-refractivity contribution in [2.24, 2.45) is 0 Å². The van der Waals surface area contributed by atoms with Crippen molar-refractivity contribution in [2.75, 3.05) is 12.8 Å². The Morgan fingerprint density at radius 3 is 2.57 bits per heavy atom. The Kier molecular flexibility index (Phi) is 4.36. The molecule has 2 aromatic rings. The summed E-state index contributed by atoms with van der Waals surface area (Å²) < 4.78 is 0. The van der Waals surface area contributed by atoms with Crippen LogP contribution in [0.3, 0.4) is 0 Å². The Balaban J connectivity index is 1.92. The Labute approximate surface area is 137 Å². The van der Waals surface area contributed by atoms with Crippen LogP contribution in [0.2, 0.25) is 0 Å². The average molecular weight is 362 g/mol. The molecule has 1 heterocycles. The minimum absolute atomic E-state index is 0.0375. The highest BCUT2D eigenvalue weighted by molar-refractivity contribution is 9.09. The summed E-state index contributed by atoms with van der Waals surface area (Å²) in [5.74, 6) is 0.0375. The van der Waals surface area contributed by atoms with Gasteiger partial charge in [-0.25, -0.2) is 0 Å². The molecule has 21 heavy (non-hydrogen) atoms. The molecule has 4 heteroatoms. The third-order valence-electron chi connectivity index (χ3n) is 3.76. The van der Waals surface area contributed by atoms with Gasteiger partial charge in [0.1, 0.15) is 0 Å². The van der Waals surface area contributed by atoms with E-state index in [9.17, 15) is 4.79 Å². The number of rotatable bonds is 3. The van der Waals surface area contributed by atoms with Crippen molar-refractivity contribution in [1.82, 2.24) is 5.32 Å². The fourth-order valence-corrected chi connectivity index (χ4v) is 3.55. The molecule has 0 aromatic heterocycles. The van der Waals surface area contributed by atoms with Gasteiger partial charge in [0.2, 0.25) is 0 Å². The largest absolute Gasteiger partial charge is 0.352 e. The summed E-state index contributed by atoms with van der Waals surface area (Å²) >= 11 is 5.49. The van der Waals surface area contributed by atoms with Crippen molar-refractivity contribution >= 4 is 33.6 Å². The molecular weight excluding hydrogens is 346 g/mol. The van der Waals surface area contributed by atoms with Gasteiger partial charge >= 0.3 is 0 Å². The predicted octanol–water partition coefficient (Wildman–Crippen LogP) is 4.18. The number of thioether (sulfide) groups is 1. The lowest BCUT2D eigenvalue weighted by atomic mass is 9.95. The summed E-state index contributed by atoms with van der Waals surface area (Å²) in [6, 6.07) is 14.7. The van der Waals surface area contributed by atoms with Crippen molar-refractivity contribution in [3.05, 3.63) is 64.7 Å². The quantitative estimate of drug-likeness (QED) is 0.656. The van der Waals surface area contributed by atoms with Crippen molar-refractivity contribution < 1.29 is 4.79 Å². The van der Waals surface area contributed by atoms with Gasteiger partial charge in [-0.1, -0.05) is 40.2 Å². The molecule has 0 spiro atoms. The van der Waals surface area contributed by atoms with Crippen LogP contribution in [0.5, 0.6) is 0 Å². The molecule has 1 aliphatic heterocycles. The van der Waals surface area contributed by atoms with Gasteiger partial charge in [-0.3, -0.25) is 4.79 Å². The van der Waals surface area contributed by atoms with Gasteiger partial charge in [-0.15, -0.1) is 11.8 Å². The molecule has 108 valence electrons. The first-order chi connectivity index (χ1) is 10.2. The standard InChI is InChI=1S/C17H16BrNOS/c1-21-14-6-4-12(5-7-14)16(18)13-3-2-11-8-9-19-17(20)15(11)10-13/h2-7,10,16H,8-9H2,1H3,(H,19,20). The molecule has 2 nitrogen and oxygen atoms in total. The van der Waals surface area contributed by atoms with Gasteiger partial charge < -0.3 is 5.32 Å². The maximum atomic E-state index is 12.0. The second-order valence-electron chi connectivity index (χ2n) is 5.06.